The zero-order valence-corrected chi connectivity index (χ0v) is 12.8. The highest BCUT2D eigenvalue weighted by Crippen LogP contribution is 2.26. The van der Waals surface area contributed by atoms with E-state index in [2.05, 4.69) is 10.0 Å². The van der Waals surface area contributed by atoms with Gasteiger partial charge in [0.2, 0.25) is 10.0 Å². The Morgan fingerprint density at radius 1 is 1.29 bits per heavy atom. The zero-order valence-electron chi connectivity index (χ0n) is 12.0. The van der Waals surface area contributed by atoms with Gasteiger partial charge in [-0.15, -0.1) is 0 Å². The van der Waals surface area contributed by atoms with Crippen LogP contribution in [0.25, 0.3) is 0 Å². The van der Waals surface area contributed by atoms with E-state index >= 15 is 0 Å². The predicted molar refractivity (Wildman–Crippen MR) is 80.2 cm³/mol. The van der Waals surface area contributed by atoms with Crippen molar-refractivity contribution < 1.29 is 18.1 Å². The van der Waals surface area contributed by atoms with Crippen LogP contribution in [-0.4, -0.2) is 39.3 Å². The van der Waals surface area contributed by atoms with Crippen molar-refractivity contribution in [1.82, 2.24) is 4.72 Å². The summed E-state index contributed by atoms with van der Waals surface area (Å²) in [5, 5.41) is 13.8. The van der Waals surface area contributed by atoms with Crippen LogP contribution in [0.3, 0.4) is 0 Å². The van der Waals surface area contributed by atoms with E-state index in [-0.39, 0.29) is 12.2 Å². The van der Waals surface area contributed by atoms with Crippen LogP contribution in [0.4, 0.5) is 11.4 Å². The summed E-state index contributed by atoms with van der Waals surface area (Å²) < 4.78 is 29.5. The summed E-state index contributed by atoms with van der Waals surface area (Å²) in [5.74, 6) is 0.407. The fraction of sp³-hybridized carbons (Fsp3) is 0.500. The number of non-ortho nitro benzene ring substituents is 1. The van der Waals surface area contributed by atoms with Gasteiger partial charge in [0, 0.05) is 30.9 Å². The number of nitro benzene ring substituents is 1. The Morgan fingerprint density at radius 3 is 2.57 bits per heavy atom. The van der Waals surface area contributed by atoms with Gasteiger partial charge in [0.15, 0.2) is 0 Å². The van der Waals surface area contributed by atoms with E-state index in [0.717, 1.165) is 12.7 Å². The molecular formula is C12H19N3O5S. The van der Waals surface area contributed by atoms with Gasteiger partial charge in [-0.05, 0) is 6.42 Å². The molecule has 0 fully saturated rings. The summed E-state index contributed by atoms with van der Waals surface area (Å²) in [4.78, 5) is 10.4. The Balaban J connectivity index is 2.71. The van der Waals surface area contributed by atoms with Crippen molar-refractivity contribution >= 4 is 21.4 Å². The Kier molecular flexibility index (Phi) is 6.38. The summed E-state index contributed by atoms with van der Waals surface area (Å²) in [6.45, 7) is 2.90. The molecule has 8 nitrogen and oxygen atoms in total. The molecular weight excluding hydrogens is 298 g/mol. The van der Waals surface area contributed by atoms with Gasteiger partial charge in [-0.25, -0.2) is 13.1 Å². The second-order valence-electron chi connectivity index (χ2n) is 4.41. The maximum absolute atomic E-state index is 10.9. The number of anilines is 1. The molecule has 9 heteroatoms. The fourth-order valence-electron chi connectivity index (χ4n) is 1.54. The number of nitro groups is 1. The van der Waals surface area contributed by atoms with Crippen molar-refractivity contribution in [1.29, 1.82) is 0 Å². The lowest BCUT2D eigenvalue weighted by molar-refractivity contribution is -0.384. The number of benzene rings is 1. The van der Waals surface area contributed by atoms with Crippen LogP contribution in [0.5, 0.6) is 5.75 Å². The Labute approximate surface area is 123 Å². The molecule has 1 rings (SSSR count). The third kappa shape index (κ3) is 6.91. The van der Waals surface area contributed by atoms with Crippen molar-refractivity contribution in [2.45, 2.75) is 13.3 Å². The molecule has 1 aromatic rings. The quantitative estimate of drug-likeness (QED) is 0.404. The third-order valence-corrected chi connectivity index (χ3v) is 3.12. The van der Waals surface area contributed by atoms with Gasteiger partial charge in [0.25, 0.3) is 5.69 Å². The molecule has 0 spiro atoms. The number of nitrogens with one attached hydrogen (secondary N) is 2. The van der Waals surface area contributed by atoms with E-state index < -0.39 is 14.9 Å². The van der Waals surface area contributed by atoms with Crippen LogP contribution in [0.1, 0.15) is 13.3 Å². The van der Waals surface area contributed by atoms with Crippen molar-refractivity contribution in [2.75, 3.05) is 31.3 Å². The largest absolute Gasteiger partial charge is 0.493 e. The normalized spacial score (nSPS) is 11.1. The Bertz CT molecular complexity index is 589. The first-order valence-corrected chi connectivity index (χ1v) is 8.31. The number of sulfonamides is 1. The third-order valence-electron chi connectivity index (χ3n) is 2.39. The van der Waals surface area contributed by atoms with E-state index in [9.17, 15) is 18.5 Å². The molecule has 0 aliphatic carbocycles. The van der Waals surface area contributed by atoms with Crippen molar-refractivity contribution in [3.8, 4) is 5.75 Å². The van der Waals surface area contributed by atoms with E-state index in [4.69, 9.17) is 4.74 Å². The van der Waals surface area contributed by atoms with E-state index in [1.807, 2.05) is 6.92 Å². The maximum atomic E-state index is 10.9. The number of ether oxygens (including phenoxy) is 1. The van der Waals surface area contributed by atoms with Crippen molar-refractivity contribution in [3.05, 3.63) is 28.3 Å². The van der Waals surface area contributed by atoms with E-state index in [1.165, 1.54) is 12.1 Å². The summed E-state index contributed by atoms with van der Waals surface area (Å²) in [5.41, 5.74) is 0.424. The second-order valence-corrected chi connectivity index (χ2v) is 6.25. The second kappa shape index (κ2) is 7.79. The summed E-state index contributed by atoms with van der Waals surface area (Å²) in [6, 6.07) is 4.37. The smallest absolute Gasteiger partial charge is 0.275 e. The van der Waals surface area contributed by atoms with E-state index in [0.29, 0.717) is 24.6 Å². The molecule has 0 saturated carbocycles. The molecule has 0 aliphatic heterocycles. The molecule has 21 heavy (non-hydrogen) atoms. The van der Waals surface area contributed by atoms with Gasteiger partial charge in [-0.2, -0.15) is 0 Å². The molecule has 2 N–H and O–H groups in total. The molecule has 118 valence electrons. The van der Waals surface area contributed by atoms with Gasteiger partial charge < -0.3 is 10.1 Å². The Morgan fingerprint density at radius 2 is 2.00 bits per heavy atom. The van der Waals surface area contributed by atoms with Crippen LogP contribution >= 0.6 is 0 Å². The lowest BCUT2D eigenvalue weighted by atomic mass is 10.2. The fourth-order valence-corrected chi connectivity index (χ4v) is 2.01. The number of hydrogen-bond acceptors (Lipinski definition) is 6. The van der Waals surface area contributed by atoms with Crippen LogP contribution in [0, 0.1) is 10.1 Å². The summed E-state index contributed by atoms with van der Waals surface area (Å²) in [6.07, 6.45) is 1.86. The highest BCUT2D eigenvalue weighted by molar-refractivity contribution is 7.88. The molecule has 0 bridgehead atoms. The molecule has 0 amide bonds. The molecule has 0 saturated heterocycles. The number of hydrogen-bond donors (Lipinski definition) is 2. The molecule has 0 heterocycles. The highest BCUT2D eigenvalue weighted by Gasteiger charge is 2.10. The first-order chi connectivity index (χ1) is 9.81. The first kappa shape index (κ1) is 17.2. The van der Waals surface area contributed by atoms with Crippen LogP contribution in [0.15, 0.2) is 18.2 Å². The lowest BCUT2D eigenvalue weighted by Gasteiger charge is -2.10. The minimum atomic E-state index is -3.24. The summed E-state index contributed by atoms with van der Waals surface area (Å²) >= 11 is 0. The molecule has 0 aromatic heterocycles. The summed E-state index contributed by atoms with van der Waals surface area (Å²) in [7, 11) is -3.24. The average Bonchev–Trinajstić information content (AvgIpc) is 2.40. The molecule has 0 radical (unpaired) electrons. The molecule has 0 unspecified atom stereocenters. The van der Waals surface area contributed by atoms with Gasteiger partial charge in [-0.3, -0.25) is 10.1 Å². The average molecular weight is 317 g/mol. The predicted octanol–water partition coefficient (Wildman–Crippen LogP) is 1.34. The first-order valence-electron chi connectivity index (χ1n) is 6.42. The molecule has 1 aromatic carbocycles. The van der Waals surface area contributed by atoms with Crippen molar-refractivity contribution in [2.24, 2.45) is 0 Å². The zero-order chi connectivity index (χ0) is 15.9. The lowest BCUT2D eigenvalue weighted by Crippen LogP contribution is -2.27. The van der Waals surface area contributed by atoms with Crippen LogP contribution in [0.2, 0.25) is 0 Å². The monoisotopic (exact) mass is 317 g/mol. The number of rotatable bonds is 9. The SMILES string of the molecule is CCCOc1cc(NCCNS(C)(=O)=O)cc([N+](=O)[O-])c1. The maximum Gasteiger partial charge on any atom is 0.275 e. The molecule has 0 aliphatic rings. The minimum Gasteiger partial charge on any atom is -0.493 e. The van der Waals surface area contributed by atoms with Gasteiger partial charge in [-0.1, -0.05) is 6.92 Å². The van der Waals surface area contributed by atoms with E-state index in [1.54, 1.807) is 6.07 Å². The van der Waals surface area contributed by atoms with Crippen molar-refractivity contribution in [3.63, 3.8) is 0 Å². The van der Waals surface area contributed by atoms with Crippen LogP contribution < -0.4 is 14.8 Å². The van der Waals surface area contributed by atoms with Gasteiger partial charge >= 0.3 is 0 Å². The standard InChI is InChI=1S/C12H19N3O5S/c1-3-6-20-12-8-10(7-11(9-12)15(16)17)13-4-5-14-21(2,18)19/h7-9,13-14H,3-6H2,1-2H3. The highest BCUT2D eigenvalue weighted by atomic mass is 32.2. The van der Waals surface area contributed by atoms with Gasteiger partial charge in [0.05, 0.1) is 23.9 Å². The van der Waals surface area contributed by atoms with Crippen LogP contribution in [-0.2, 0) is 10.0 Å². The minimum absolute atomic E-state index is 0.0813. The molecule has 0 atom stereocenters. The Hall–Kier alpha value is -1.87. The topological polar surface area (TPSA) is 111 Å². The van der Waals surface area contributed by atoms with Gasteiger partial charge in [0.1, 0.15) is 5.75 Å². The number of nitrogens with zero attached hydrogens (tertiary/aromatic N) is 1.